The Labute approximate surface area is 204 Å². The van der Waals surface area contributed by atoms with Crippen molar-refractivity contribution in [3.8, 4) is 5.75 Å². The van der Waals surface area contributed by atoms with Gasteiger partial charge in [-0.15, -0.1) is 0 Å². The van der Waals surface area contributed by atoms with Crippen molar-refractivity contribution in [2.24, 2.45) is 11.8 Å². The summed E-state index contributed by atoms with van der Waals surface area (Å²) in [5, 5.41) is 0. The molecule has 0 N–H and O–H groups in total. The van der Waals surface area contributed by atoms with E-state index >= 15 is 0 Å². The number of amides is 2. The Balaban J connectivity index is 1.54. The summed E-state index contributed by atoms with van der Waals surface area (Å²) in [6.45, 7) is 4.49. The zero-order valence-corrected chi connectivity index (χ0v) is 21.1. The quantitative estimate of drug-likeness (QED) is 0.517. The third-order valence-electron chi connectivity index (χ3n) is 8.13. The molecule has 34 heavy (non-hydrogen) atoms. The number of benzene rings is 1. The lowest BCUT2D eigenvalue weighted by atomic mass is 9.83. The highest BCUT2D eigenvalue weighted by Gasteiger charge is 2.45. The highest BCUT2D eigenvalue weighted by atomic mass is 16.5. The number of methoxy groups -OCH3 is 2. The fourth-order valence-corrected chi connectivity index (χ4v) is 6.35. The second-order valence-corrected chi connectivity index (χ2v) is 10.2. The fourth-order valence-electron chi connectivity index (χ4n) is 6.35. The Kier molecular flexibility index (Phi) is 8.48. The van der Waals surface area contributed by atoms with E-state index in [4.69, 9.17) is 9.47 Å². The van der Waals surface area contributed by atoms with Crippen LogP contribution in [0, 0.1) is 11.8 Å². The smallest absolute Gasteiger partial charge is 0.228 e. The van der Waals surface area contributed by atoms with Crippen molar-refractivity contribution in [2.75, 3.05) is 54.1 Å². The SMILES string of the molecule is COCCCN(C[C@@H]1CCCN2CCCC[C@H]12)C(=O)[C@H]1CC(=O)N(C)[C@H]1c1ccc(OC)cc1. The zero-order chi connectivity index (χ0) is 24.1. The van der Waals surface area contributed by atoms with Gasteiger partial charge < -0.3 is 24.2 Å². The van der Waals surface area contributed by atoms with Gasteiger partial charge in [-0.3, -0.25) is 9.59 Å². The van der Waals surface area contributed by atoms with E-state index < -0.39 is 0 Å². The molecule has 7 nitrogen and oxygen atoms in total. The van der Waals surface area contributed by atoms with E-state index in [-0.39, 0.29) is 30.2 Å². The summed E-state index contributed by atoms with van der Waals surface area (Å²) in [6, 6.07) is 8.12. The van der Waals surface area contributed by atoms with E-state index in [0.29, 0.717) is 25.1 Å². The number of hydrogen-bond acceptors (Lipinski definition) is 5. The molecular weight excluding hydrogens is 430 g/mol. The molecule has 3 fully saturated rings. The lowest BCUT2D eigenvalue weighted by molar-refractivity contribution is -0.138. The number of rotatable bonds is 9. The normalized spacial score (nSPS) is 27.5. The lowest BCUT2D eigenvalue weighted by Gasteiger charge is -2.46. The third kappa shape index (κ3) is 5.41. The second-order valence-electron chi connectivity index (χ2n) is 10.2. The number of piperidine rings is 2. The van der Waals surface area contributed by atoms with Crippen molar-refractivity contribution in [1.29, 1.82) is 0 Å². The molecule has 1 aromatic carbocycles. The van der Waals surface area contributed by atoms with Crippen molar-refractivity contribution in [3.05, 3.63) is 29.8 Å². The van der Waals surface area contributed by atoms with Gasteiger partial charge in [-0.25, -0.2) is 0 Å². The van der Waals surface area contributed by atoms with E-state index in [0.717, 1.165) is 24.3 Å². The van der Waals surface area contributed by atoms with Crippen LogP contribution in [0.15, 0.2) is 24.3 Å². The first-order valence-electron chi connectivity index (χ1n) is 12.9. The average molecular weight is 472 g/mol. The maximum absolute atomic E-state index is 14.0. The van der Waals surface area contributed by atoms with Gasteiger partial charge in [-0.1, -0.05) is 18.6 Å². The third-order valence-corrected chi connectivity index (χ3v) is 8.13. The predicted molar refractivity (Wildman–Crippen MR) is 132 cm³/mol. The van der Waals surface area contributed by atoms with Crippen LogP contribution in [-0.2, 0) is 14.3 Å². The number of nitrogens with zero attached hydrogens (tertiary/aromatic N) is 3. The largest absolute Gasteiger partial charge is 0.497 e. The molecule has 3 saturated heterocycles. The molecule has 0 saturated carbocycles. The van der Waals surface area contributed by atoms with Crippen LogP contribution in [-0.4, -0.2) is 86.6 Å². The molecule has 7 heteroatoms. The molecule has 1 aromatic rings. The van der Waals surface area contributed by atoms with Gasteiger partial charge in [-0.2, -0.15) is 0 Å². The first-order valence-corrected chi connectivity index (χ1v) is 12.9. The number of carbonyl (C=O) groups excluding carboxylic acids is 2. The van der Waals surface area contributed by atoms with Gasteiger partial charge >= 0.3 is 0 Å². The topological polar surface area (TPSA) is 62.3 Å². The highest BCUT2D eigenvalue weighted by molar-refractivity contribution is 5.90. The Hall–Kier alpha value is -2.12. The van der Waals surface area contributed by atoms with Crippen LogP contribution >= 0.6 is 0 Å². The minimum atomic E-state index is -0.362. The van der Waals surface area contributed by atoms with E-state index in [1.165, 1.54) is 45.2 Å². The molecule has 0 spiro atoms. The van der Waals surface area contributed by atoms with Crippen LogP contribution in [0.3, 0.4) is 0 Å². The summed E-state index contributed by atoms with van der Waals surface area (Å²) in [4.78, 5) is 33.3. The molecule has 4 atom stereocenters. The Morgan fingerprint density at radius 3 is 2.59 bits per heavy atom. The van der Waals surface area contributed by atoms with Crippen LogP contribution in [0.4, 0.5) is 0 Å². The first kappa shape index (κ1) is 25.0. The molecule has 3 aliphatic rings. The molecule has 3 heterocycles. The molecule has 0 radical (unpaired) electrons. The van der Waals surface area contributed by atoms with Crippen LogP contribution < -0.4 is 4.74 Å². The molecule has 3 aliphatic heterocycles. The molecular formula is C27H41N3O4. The molecule has 0 aliphatic carbocycles. The summed E-state index contributed by atoms with van der Waals surface area (Å²) >= 11 is 0. The number of hydrogen-bond donors (Lipinski definition) is 0. The van der Waals surface area contributed by atoms with E-state index in [2.05, 4.69) is 9.80 Å². The molecule has 2 amide bonds. The molecule has 0 unspecified atom stereocenters. The van der Waals surface area contributed by atoms with Crippen molar-refractivity contribution in [3.63, 3.8) is 0 Å². The van der Waals surface area contributed by atoms with E-state index in [9.17, 15) is 9.59 Å². The van der Waals surface area contributed by atoms with Crippen LogP contribution in [0.5, 0.6) is 5.75 Å². The predicted octanol–water partition coefficient (Wildman–Crippen LogP) is 3.34. The monoisotopic (exact) mass is 471 g/mol. The fraction of sp³-hybridized carbons (Fsp3) is 0.704. The first-order chi connectivity index (χ1) is 16.5. The van der Waals surface area contributed by atoms with Crippen LogP contribution in [0.1, 0.15) is 56.6 Å². The van der Waals surface area contributed by atoms with Gasteiger partial charge in [0.1, 0.15) is 5.75 Å². The maximum atomic E-state index is 14.0. The van der Waals surface area contributed by atoms with Crippen molar-refractivity contribution >= 4 is 11.8 Å². The van der Waals surface area contributed by atoms with E-state index in [1.54, 1.807) is 19.1 Å². The Morgan fingerprint density at radius 1 is 1.09 bits per heavy atom. The summed E-state index contributed by atoms with van der Waals surface area (Å²) in [5.41, 5.74) is 0.987. The van der Waals surface area contributed by atoms with Crippen molar-refractivity contribution in [2.45, 2.75) is 57.0 Å². The number of fused-ring (bicyclic) bond motifs is 1. The minimum absolute atomic E-state index is 0.0344. The van der Waals surface area contributed by atoms with Crippen LogP contribution in [0.25, 0.3) is 0 Å². The summed E-state index contributed by atoms with van der Waals surface area (Å²) in [5.74, 6) is 1.07. The minimum Gasteiger partial charge on any atom is -0.497 e. The lowest BCUT2D eigenvalue weighted by Crippen LogP contribution is -2.52. The van der Waals surface area contributed by atoms with Gasteiger partial charge in [-0.05, 0) is 68.8 Å². The number of carbonyl (C=O) groups is 2. The van der Waals surface area contributed by atoms with E-state index in [1.807, 2.05) is 31.3 Å². The summed E-state index contributed by atoms with van der Waals surface area (Å²) in [6.07, 6.45) is 7.29. The van der Waals surface area contributed by atoms with Crippen molar-refractivity contribution < 1.29 is 19.1 Å². The van der Waals surface area contributed by atoms with Gasteiger partial charge in [0.25, 0.3) is 0 Å². The van der Waals surface area contributed by atoms with Gasteiger partial charge in [0.2, 0.25) is 11.8 Å². The molecule has 0 aromatic heterocycles. The summed E-state index contributed by atoms with van der Waals surface area (Å²) < 4.78 is 10.6. The van der Waals surface area contributed by atoms with Crippen LogP contribution in [0.2, 0.25) is 0 Å². The Bertz CT molecular complexity index is 828. The Morgan fingerprint density at radius 2 is 1.85 bits per heavy atom. The molecule has 188 valence electrons. The average Bonchev–Trinajstić information content (AvgIpc) is 3.17. The van der Waals surface area contributed by atoms with Gasteiger partial charge in [0.15, 0.2) is 0 Å². The summed E-state index contributed by atoms with van der Waals surface area (Å²) in [7, 11) is 5.17. The number of ether oxygens (including phenoxy) is 2. The number of likely N-dealkylation sites (tertiary alicyclic amines) is 1. The maximum Gasteiger partial charge on any atom is 0.228 e. The second kappa shape index (κ2) is 11.5. The molecule has 0 bridgehead atoms. The standard InChI is InChI=1S/C27H41N3O4/c1-28-25(31)18-23(26(28)20-10-12-22(34-3)13-11-20)27(32)30(16-7-17-33-2)19-21-8-6-15-29-14-5-4-9-24(21)29/h10-13,21,23-24,26H,4-9,14-19H2,1-3H3/t21-,23-,24+,26-/m0/s1. The molecule has 4 rings (SSSR count). The zero-order valence-electron chi connectivity index (χ0n) is 21.1. The van der Waals surface area contributed by atoms with Gasteiger partial charge in [0, 0.05) is 46.3 Å². The van der Waals surface area contributed by atoms with Gasteiger partial charge in [0.05, 0.1) is 19.1 Å². The van der Waals surface area contributed by atoms with Crippen molar-refractivity contribution in [1.82, 2.24) is 14.7 Å². The highest BCUT2D eigenvalue weighted by Crippen LogP contribution is 2.39.